The lowest BCUT2D eigenvalue weighted by atomic mass is 9.96. The molecule has 1 aliphatic heterocycles. The van der Waals surface area contributed by atoms with E-state index in [1.54, 1.807) is 12.1 Å². The Kier molecular flexibility index (Phi) is 6.06. The number of nitrogens with one attached hydrogen (secondary N) is 2. The average molecular weight is 403 g/mol. The molecule has 0 radical (unpaired) electrons. The second kappa shape index (κ2) is 8.88. The number of amides is 2. The van der Waals surface area contributed by atoms with E-state index in [9.17, 15) is 13.6 Å². The Labute approximate surface area is 169 Å². The van der Waals surface area contributed by atoms with Crippen LogP contribution in [0.3, 0.4) is 0 Å². The third-order valence-corrected chi connectivity index (χ3v) is 5.87. The molecular weight excluding hydrogens is 376 g/mol. The summed E-state index contributed by atoms with van der Waals surface area (Å²) in [5.41, 5.74) is 0.528. The fraction of sp³-hybridized carbons (Fsp3) is 0.571. The topological polar surface area (TPSA) is 70.2 Å². The second-order valence-corrected chi connectivity index (χ2v) is 7.94. The lowest BCUT2D eigenvalue weighted by Crippen LogP contribution is -2.50. The quantitative estimate of drug-likeness (QED) is 0.804. The van der Waals surface area contributed by atoms with Crippen molar-refractivity contribution in [3.05, 3.63) is 30.1 Å². The molecule has 2 aromatic rings. The van der Waals surface area contributed by atoms with Gasteiger partial charge in [0.2, 0.25) is 0 Å². The number of para-hydroxylation sites is 1. The van der Waals surface area contributed by atoms with Crippen molar-refractivity contribution in [3.8, 4) is 0 Å². The molecule has 6 nitrogen and oxygen atoms in total. The van der Waals surface area contributed by atoms with Crippen LogP contribution >= 0.6 is 0 Å². The molecule has 2 heterocycles. The van der Waals surface area contributed by atoms with Gasteiger partial charge in [0.1, 0.15) is 5.82 Å². The van der Waals surface area contributed by atoms with Crippen molar-refractivity contribution in [1.82, 2.24) is 20.6 Å². The molecule has 2 N–H and O–H groups in total. The number of fused-ring (bicyclic) bond motifs is 1. The van der Waals surface area contributed by atoms with Crippen molar-refractivity contribution in [2.24, 2.45) is 0 Å². The number of piperidine rings is 1. The van der Waals surface area contributed by atoms with Gasteiger partial charge in [0, 0.05) is 30.6 Å². The Morgan fingerprint density at radius 3 is 2.31 bits per heavy atom. The molecule has 4 rings (SSSR count). The predicted molar refractivity (Wildman–Crippen MR) is 108 cm³/mol. The number of carbonyl (C=O) groups is 1. The fourth-order valence-electron chi connectivity index (χ4n) is 4.31. The summed E-state index contributed by atoms with van der Waals surface area (Å²) in [6, 6.07) is 7.51. The highest BCUT2D eigenvalue weighted by Gasteiger charge is 2.25. The first-order valence-corrected chi connectivity index (χ1v) is 10.5. The Balaban J connectivity index is 1.39. The fourth-order valence-corrected chi connectivity index (χ4v) is 4.31. The molecule has 1 aliphatic carbocycles. The maximum absolute atomic E-state index is 13.2. The van der Waals surface area contributed by atoms with Gasteiger partial charge in [-0.15, -0.1) is 0 Å². The van der Waals surface area contributed by atoms with Crippen molar-refractivity contribution >= 4 is 22.8 Å². The first-order valence-electron chi connectivity index (χ1n) is 10.5. The molecule has 0 bridgehead atoms. The van der Waals surface area contributed by atoms with Crippen LogP contribution in [0.2, 0.25) is 0 Å². The highest BCUT2D eigenvalue weighted by atomic mass is 19.3. The Bertz CT molecular complexity index is 848. The number of hydrogen-bond donors (Lipinski definition) is 2. The van der Waals surface area contributed by atoms with Crippen LogP contribution in [-0.4, -0.2) is 41.2 Å². The first-order chi connectivity index (χ1) is 14.1. The van der Waals surface area contributed by atoms with E-state index in [4.69, 9.17) is 0 Å². The number of rotatable bonds is 4. The highest BCUT2D eigenvalue weighted by molar-refractivity contribution is 5.89. The van der Waals surface area contributed by atoms with Crippen LogP contribution in [0.1, 0.15) is 57.2 Å². The lowest BCUT2D eigenvalue weighted by molar-refractivity contribution is 0.141. The zero-order valence-corrected chi connectivity index (χ0v) is 16.4. The normalized spacial score (nSPS) is 18.9. The maximum atomic E-state index is 13.2. The van der Waals surface area contributed by atoms with Crippen molar-refractivity contribution in [1.29, 1.82) is 0 Å². The zero-order valence-electron chi connectivity index (χ0n) is 16.4. The van der Waals surface area contributed by atoms with Gasteiger partial charge in [-0.1, -0.05) is 31.4 Å². The maximum Gasteiger partial charge on any atom is 0.315 e. The summed E-state index contributed by atoms with van der Waals surface area (Å²) in [7, 11) is 0. The summed E-state index contributed by atoms with van der Waals surface area (Å²) in [5.74, 6) is 0.113. The van der Waals surface area contributed by atoms with Crippen LogP contribution in [0.4, 0.5) is 19.4 Å². The molecule has 29 heavy (non-hydrogen) atoms. The molecule has 8 heteroatoms. The van der Waals surface area contributed by atoms with E-state index in [0.717, 1.165) is 31.1 Å². The van der Waals surface area contributed by atoms with Crippen molar-refractivity contribution in [2.45, 2.75) is 63.5 Å². The molecule has 2 amide bonds. The van der Waals surface area contributed by atoms with Gasteiger partial charge in [0.05, 0.1) is 5.52 Å². The number of aromatic nitrogens is 2. The van der Waals surface area contributed by atoms with Crippen LogP contribution in [0.25, 0.3) is 10.9 Å². The van der Waals surface area contributed by atoms with Gasteiger partial charge in [0.25, 0.3) is 6.43 Å². The number of benzene rings is 1. The smallest absolute Gasteiger partial charge is 0.315 e. The Morgan fingerprint density at radius 1 is 0.966 bits per heavy atom. The van der Waals surface area contributed by atoms with E-state index >= 15 is 0 Å². The third kappa shape index (κ3) is 4.74. The minimum absolute atomic E-state index is 0.0810. The van der Waals surface area contributed by atoms with E-state index < -0.39 is 12.2 Å². The number of urea groups is 1. The summed E-state index contributed by atoms with van der Waals surface area (Å²) in [6.45, 7) is 1.30. The van der Waals surface area contributed by atoms with Crippen molar-refractivity contribution < 1.29 is 13.6 Å². The molecule has 1 saturated heterocycles. The Hall–Kier alpha value is -2.51. The number of alkyl halides is 2. The van der Waals surface area contributed by atoms with Crippen LogP contribution < -0.4 is 15.5 Å². The second-order valence-electron chi connectivity index (χ2n) is 7.94. The summed E-state index contributed by atoms with van der Waals surface area (Å²) in [6.07, 6.45) is 4.51. The van der Waals surface area contributed by atoms with Crippen molar-refractivity contribution in [3.63, 3.8) is 0 Å². The summed E-state index contributed by atoms with van der Waals surface area (Å²) < 4.78 is 26.5. The molecule has 0 spiro atoms. The molecule has 0 unspecified atom stereocenters. The van der Waals surface area contributed by atoms with E-state index in [2.05, 4.69) is 20.6 Å². The van der Waals surface area contributed by atoms with Crippen LogP contribution in [0, 0.1) is 0 Å². The SMILES string of the molecule is O=C(NC1CCCCC1)NC1CCN(c2nc(C(F)F)nc3ccccc23)CC1. The number of carbonyl (C=O) groups excluding carboxylic acids is 1. The van der Waals surface area contributed by atoms with Crippen LogP contribution in [-0.2, 0) is 0 Å². The number of nitrogens with zero attached hydrogens (tertiary/aromatic N) is 3. The molecule has 1 aromatic heterocycles. The molecule has 1 saturated carbocycles. The summed E-state index contributed by atoms with van der Waals surface area (Å²) in [4.78, 5) is 22.4. The van der Waals surface area contributed by atoms with Gasteiger partial charge < -0.3 is 15.5 Å². The molecule has 2 fully saturated rings. The molecule has 0 atom stereocenters. The van der Waals surface area contributed by atoms with E-state index in [1.807, 2.05) is 17.0 Å². The van der Waals surface area contributed by atoms with Gasteiger partial charge in [-0.2, -0.15) is 0 Å². The molecule has 156 valence electrons. The standard InChI is InChI=1S/C21H27F2N5O/c22-18(23)19-26-17-9-5-4-8-16(17)20(27-19)28-12-10-15(11-13-28)25-21(29)24-14-6-2-1-3-7-14/h4-5,8-9,14-15,18H,1-3,6-7,10-13H2,(H2,24,25,29). The zero-order chi connectivity index (χ0) is 20.2. The third-order valence-electron chi connectivity index (χ3n) is 5.87. The van der Waals surface area contributed by atoms with E-state index in [-0.39, 0.29) is 18.1 Å². The summed E-state index contributed by atoms with van der Waals surface area (Å²) >= 11 is 0. The van der Waals surface area contributed by atoms with Crippen LogP contribution in [0.15, 0.2) is 24.3 Å². The number of hydrogen-bond acceptors (Lipinski definition) is 4. The van der Waals surface area contributed by atoms with Gasteiger partial charge in [-0.3, -0.25) is 0 Å². The van der Waals surface area contributed by atoms with Crippen LogP contribution in [0.5, 0.6) is 0 Å². The van der Waals surface area contributed by atoms with Gasteiger partial charge in [0.15, 0.2) is 5.82 Å². The monoisotopic (exact) mass is 403 g/mol. The van der Waals surface area contributed by atoms with E-state index in [1.165, 1.54) is 19.3 Å². The first kappa shape index (κ1) is 19.8. The molecule has 2 aliphatic rings. The van der Waals surface area contributed by atoms with Gasteiger partial charge in [-0.05, 0) is 37.8 Å². The van der Waals surface area contributed by atoms with Gasteiger partial charge in [-0.25, -0.2) is 23.5 Å². The molecule has 1 aromatic carbocycles. The van der Waals surface area contributed by atoms with Gasteiger partial charge >= 0.3 is 6.03 Å². The number of anilines is 1. The predicted octanol–water partition coefficient (Wildman–Crippen LogP) is 4.17. The minimum Gasteiger partial charge on any atom is -0.356 e. The highest BCUT2D eigenvalue weighted by Crippen LogP contribution is 2.29. The number of halogens is 2. The Morgan fingerprint density at radius 2 is 1.62 bits per heavy atom. The lowest BCUT2D eigenvalue weighted by Gasteiger charge is -2.34. The largest absolute Gasteiger partial charge is 0.356 e. The molecular formula is C21H27F2N5O. The minimum atomic E-state index is -2.71. The van der Waals surface area contributed by atoms with E-state index in [0.29, 0.717) is 24.4 Å². The summed E-state index contributed by atoms with van der Waals surface area (Å²) in [5, 5.41) is 6.94. The van der Waals surface area contributed by atoms with Crippen molar-refractivity contribution in [2.75, 3.05) is 18.0 Å². The average Bonchev–Trinajstić information content (AvgIpc) is 2.74.